The van der Waals surface area contributed by atoms with Gasteiger partial charge in [0, 0.05) is 28.9 Å². The minimum Gasteiger partial charge on any atom is -0.508 e. The highest BCUT2D eigenvalue weighted by Crippen LogP contribution is 2.27. The molecule has 5 N–H and O–H groups in total. The third kappa shape index (κ3) is 3.46. The molecule has 0 radical (unpaired) electrons. The van der Waals surface area contributed by atoms with Crippen LogP contribution >= 0.6 is 11.6 Å². The zero-order chi connectivity index (χ0) is 14.7. The highest BCUT2D eigenvalue weighted by atomic mass is 35.5. The van der Waals surface area contributed by atoms with Crippen molar-refractivity contribution in [3.63, 3.8) is 0 Å². The van der Waals surface area contributed by atoms with E-state index in [1.807, 2.05) is 0 Å². The van der Waals surface area contributed by atoms with Gasteiger partial charge in [0.1, 0.15) is 17.2 Å². The molecule has 7 heteroatoms. The zero-order valence-electron chi connectivity index (χ0n) is 10.1. The first-order chi connectivity index (χ1) is 9.44. The molecule has 0 aliphatic carbocycles. The first-order valence-electron chi connectivity index (χ1n) is 5.53. The molecule has 0 aliphatic heterocycles. The monoisotopic (exact) mass is 294 g/mol. The molecule has 0 bridgehead atoms. The first-order valence-corrected chi connectivity index (χ1v) is 5.91. The Labute approximate surface area is 119 Å². The van der Waals surface area contributed by atoms with Crippen LogP contribution in [0.15, 0.2) is 36.4 Å². The number of aromatic hydroxyl groups is 3. The van der Waals surface area contributed by atoms with Crippen molar-refractivity contribution in [3.8, 4) is 17.2 Å². The minimum atomic E-state index is -0.660. The second kappa shape index (κ2) is 5.58. The van der Waals surface area contributed by atoms with Crippen molar-refractivity contribution in [2.24, 2.45) is 0 Å². The fraction of sp³-hybridized carbons (Fsp3) is 0. The Morgan fingerprint density at radius 2 is 1.60 bits per heavy atom. The lowest BCUT2D eigenvalue weighted by Crippen LogP contribution is -2.19. The van der Waals surface area contributed by atoms with Gasteiger partial charge in [-0.25, -0.2) is 4.79 Å². The SMILES string of the molecule is O=C(Nc1cc(O)cc(O)c1)Nc1cc(Cl)ccc1O. The summed E-state index contributed by atoms with van der Waals surface area (Å²) < 4.78 is 0. The summed E-state index contributed by atoms with van der Waals surface area (Å²) in [6, 6.07) is 7.20. The van der Waals surface area contributed by atoms with Gasteiger partial charge in [-0.1, -0.05) is 11.6 Å². The van der Waals surface area contributed by atoms with Crippen LogP contribution in [0.5, 0.6) is 17.2 Å². The fourth-order valence-electron chi connectivity index (χ4n) is 1.56. The quantitative estimate of drug-likeness (QED) is 0.549. The van der Waals surface area contributed by atoms with Crippen LogP contribution in [0.3, 0.4) is 0 Å². The van der Waals surface area contributed by atoms with Crippen molar-refractivity contribution in [2.45, 2.75) is 0 Å². The number of benzene rings is 2. The molecule has 0 saturated carbocycles. The van der Waals surface area contributed by atoms with Gasteiger partial charge in [0.05, 0.1) is 5.69 Å². The van der Waals surface area contributed by atoms with E-state index in [1.54, 1.807) is 0 Å². The maximum Gasteiger partial charge on any atom is 0.323 e. The van der Waals surface area contributed by atoms with Gasteiger partial charge in [-0.15, -0.1) is 0 Å². The Hall–Kier alpha value is -2.60. The van der Waals surface area contributed by atoms with Gasteiger partial charge in [-0.05, 0) is 18.2 Å². The van der Waals surface area contributed by atoms with Crippen LogP contribution in [-0.2, 0) is 0 Å². The molecule has 2 amide bonds. The average Bonchev–Trinajstić information content (AvgIpc) is 2.32. The fourth-order valence-corrected chi connectivity index (χ4v) is 1.73. The molecule has 20 heavy (non-hydrogen) atoms. The van der Waals surface area contributed by atoms with E-state index in [0.29, 0.717) is 5.02 Å². The maximum atomic E-state index is 11.7. The smallest absolute Gasteiger partial charge is 0.323 e. The number of halogens is 1. The molecular weight excluding hydrogens is 284 g/mol. The van der Waals surface area contributed by atoms with E-state index in [1.165, 1.54) is 30.3 Å². The summed E-state index contributed by atoms with van der Waals surface area (Å²) in [6.45, 7) is 0. The Morgan fingerprint density at radius 1 is 0.950 bits per heavy atom. The Bertz CT molecular complexity index is 641. The molecule has 2 aromatic rings. The summed E-state index contributed by atoms with van der Waals surface area (Å²) in [5.41, 5.74) is 0.334. The summed E-state index contributed by atoms with van der Waals surface area (Å²) in [4.78, 5) is 11.7. The van der Waals surface area contributed by atoms with Crippen LogP contribution in [0.4, 0.5) is 16.2 Å². The molecule has 0 atom stereocenters. The Balaban J connectivity index is 2.11. The van der Waals surface area contributed by atoms with Crippen molar-refractivity contribution < 1.29 is 20.1 Å². The maximum absolute atomic E-state index is 11.7. The Kier molecular flexibility index (Phi) is 3.86. The van der Waals surface area contributed by atoms with Crippen LogP contribution in [0.2, 0.25) is 5.02 Å². The second-order valence-electron chi connectivity index (χ2n) is 3.98. The molecule has 2 aromatic carbocycles. The van der Waals surface area contributed by atoms with E-state index < -0.39 is 6.03 Å². The number of nitrogens with one attached hydrogen (secondary N) is 2. The van der Waals surface area contributed by atoms with Gasteiger partial charge in [-0.2, -0.15) is 0 Å². The predicted octanol–water partition coefficient (Wildman–Crippen LogP) is 3.10. The van der Waals surface area contributed by atoms with E-state index in [9.17, 15) is 20.1 Å². The van der Waals surface area contributed by atoms with Gasteiger partial charge in [0.25, 0.3) is 0 Å². The van der Waals surface area contributed by atoms with Crippen molar-refractivity contribution in [1.29, 1.82) is 0 Å². The number of carbonyl (C=O) groups excluding carboxylic acids is 1. The summed E-state index contributed by atoms with van der Waals surface area (Å²) in [5, 5.41) is 33.3. The van der Waals surface area contributed by atoms with E-state index in [0.717, 1.165) is 6.07 Å². The molecule has 0 fully saturated rings. The Morgan fingerprint density at radius 3 is 2.25 bits per heavy atom. The van der Waals surface area contributed by atoms with Gasteiger partial charge in [0.2, 0.25) is 0 Å². The van der Waals surface area contributed by atoms with Crippen LogP contribution < -0.4 is 10.6 Å². The number of anilines is 2. The molecular formula is C13H11ClN2O4. The minimum absolute atomic E-state index is 0.136. The number of urea groups is 1. The summed E-state index contributed by atoms with van der Waals surface area (Å²) >= 11 is 5.75. The van der Waals surface area contributed by atoms with Gasteiger partial charge >= 0.3 is 6.03 Å². The number of hydrogen-bond donors (Lipinski definition) is 5. The highest BCUT2D eigenvalue weighted by Gasteiger charge is 2.08. The largest absolute Gasteiger partial charge is 0.508 e. The molecule has 0 unspecified atom stereocenters. The number of hydrogen-bond acceptors (Lipinski definition) is 4. The van der Waals surface area contributed by atoms with Crippen LogP contribution in [-0.4, -0.2) is 21.4 Å². The van der Waals surface area contributed by atoms with Crippen LogP contribution in [0.1, 0.15) is 0 Å². The number of phenolic OH excluding ortho intramolecular Hbond substituents is 3. The van der Waals surface area contributed by atoms with E-state index in [-0.39, 0.29) is 28.6 Å². The van der Waals surface area contributed by atoms with E-state index >= 15 is 0 Å². The van der Waals surface area contributed by atoms with E-state index in [4.69, 9.17) is 11.6 Å². The highest BCUT2D eigenvalue weighted by molar-refractivity contribution is 6.31. The molecule has 0 aromatic heterocycles. The molecule has 6 nitrogen and oxygen atoms in total. The van der Waals surface area contributed by atoms with Crippen LogP contribution in [0.25, 0.3) is 0 Å². The summed E-state index contributed by atoms with van der Waals surface area (Å²) in [7, 11) is 0. The zero-order valence-corrected chi connectivity index (χ0v) is 10.8. The summed E-state index contributed by atoms with van der Waals surface area (Å²) in [5.74, 6) is -0.514. The second-order valence-corrected chi connectivity index (χ2v) is 4.42. The number of phenols is 3. The van der Waals surface area contributed by atoms with Gasteiger partial charge in [-0.3, -0.25) is 0 Å². The van der Waals surface area contributed by atoms with Crippen molar-refractivity contribution in [2.75, 3.05) is 10.6 Å². The number of rotatable bonds is 2. The number of amides is 2. The lowest BCUT2D eigenvalue weighted by Gasteiger charge is -2.10. The van der Waals surface area contributed by atoms with Gasteiger partial charge < -0.3 is 26.0 Å². The standard InChI is InChI=1S/C13H11ClN2O4/c14-7-1-2-12(19)11(3-7)16-13(20)15-8-4-9(17)6-10(18)5-8/h1-6,17-19H,(H2,15,16,20). The molecule has 0 spiro atoms. The molecule has 0 heterocycles. The van der Waals surface area contributed by atoms with Crippen molar-refractivity contribution in [3.05, 3.63) is 41.4 Å². The average molecular weight is 295 g/mol. The number of carbonyl (C=O) groups is 1. The van der Waals surface area contributed by atoms with Crippen molar-refractivity contribution in [1.82, 2.24) is 0 Å². The molecule has 0 aliphatic rings. The predicted molar refractivity (Wildman–Crippen MR) is 75.5 cm³/mol. The lowest BCUT2D eigenvalue weighted by atomic mass is 10.3. The molecule has 0 saturated heterocycles. The first kappa shape index (κ1) is 13.8. The van der Waals surface area contributed by atoms with Gasteiger partial charge in [0.15, 0.2) is 0 Å². The molecule has 104 valence electrons. The van der Waals surface area contributed by atoms with Crippen LogP contribution in [0, 0.1) is 0 Å². The topological polar surface area (TPSA) is 102 Å². The normalized spacial score (nSPS) is 10.1. The third-order valence-corrected chi connectivity index (χ3v) is 2.60. The third-order valence-electron chi connectivity index (χ3n) is 2.37. The summed E-state index contributed by atoms with van der Waals surface area (Å²) in [6.07, 6.45) is 0. The van der Waals surface area contributed by atoms with E-state index in [2.05, 4.69) is 10.6 Å². The lowest BCUT2D eigenvalue weighted by molar-refractivity contribution is 0.262. The molecule has 2 rings (SSSR count). The van der Waals surface area contributed by atoms with Crippen molar-refractivity contribution >= 4 is 29.0 Å².